The molecule has 0 bridgehead atoms. The predicted molar refractivity (Wildman–Crippen MR) is 72.5 cm³/mol. The number of hydrazone groups is 1. The average Bonchev–Trinajstić information content (AvgIpc) is 2.28. The van der Waals surface area contributed by atoms with Gasteiger partial charge in [0.15, 0.2) is 0 Å². The maximum Gasteiger partial charge on any atom is 0.276 e. The van der Waals surface area contributed by atoms with E-state index < -0.39 is 10.0 Å². The van der Waals surface area contributed by atoms with Crippen molar-refractivity contribution in [3.05, 3.63) is 28.7 Å². The minimum Gasteiger partial charge on any atom is -0.200 e. The molecule has 94 valence electrons. The first kappa shape index (κ1) is 14.2. The second kappa shape index (κ2) is 6.16. The van der Waals surface area contributed by atoms with E-state index in [1.54, 1.807) is 19.1 Å². The lowest BCUT2D eigenvalue weighted by Gasteiger charge is -2.04. The molecule has 0 aromatic heterocycles. The van der Waals surface area contributed by atoms with Gasteiger partial charge in [-0.3, -0.25) is 0 Å². The van der Waals surface area contributed by atoms with E-state index in [0.717, 1.165) is 23.0 Å². The topological polar surface area (TPSA) is 58.5 Å². The van der Waals surface area contributed by atoms with E-state index >= 15 is 0 Å². The molecule has 0 aliphatic heterocycles. The van der Waals surface area contributed by atoms with Crippen LogP contribution >= 0.6 is 15.9 Å². The van der Waals surface area contributed by atoms with Gasteiger partial charge in [0.1, 0.15) is 0 Å². The first-order valence-corrected chi connectivity index (χ1v) is 7.54. The van der Waals surface area contributed by atoms with E-state index in [1.807, 2.05) is 6.92 Å². The molecule has 0 saturated carbocycles. The smallest absolute Gasteiger partial charge is 0.200 e. The molecule has 1 aromatic carbocycles. The molecular formula is C11H15BrN2O2S. The zero-order valence-corrected chi connectivity index (χ0v) is 12.2. The summed E-state index contributed by atoms with van der Waals surface area (Å²) in [7, 11) is -3.55. The number of rotatable bonds is 5. The Hall–Kier alpha value is -0.880. The maximum absolute atomic E-state index is 11.8. The second-order valence-corrected chi connectivity index (χ2v) is 6.22. The molecule has 1 N–H and O–H groups in total. The van der Waals surface area contributed by atoms with Crippen molar-refractivity contribution in [3.63, 3.8) is 0 Å². The largest absolute Gasteiger partial charge is 0.276 e. The molecule has 1 aromatic rings. The van der Waals surface area contributed by atoms with Gasteiger partial charge < -0.3 is 0 Å². The van der Waals surface area contributed by atoms with Crippen LogP contribution in [-0.2, 0) is 10.0 Å². The van der Waals surface area contributed by atoms with Gasteiger partial charge in [-0.2, -0.15) is 13.5 Å². The Morgan fingerprint density at radius 2 is 1.94 bits per heavy atom. The zero-order chi connectivity index (χ0) is 12.9. The Kier molecular flexibility index (Phi) is 5.14. The highest BCUT2D eigenvalue weighted by Gasteiger charge is 2.12. The summed E-state index contributed by atoms with van der Waals surface area (Å²) in [5, 5.41) is 3.85. The molecule has 0 aliphatic carbocycles. The zero-order valence-electron chi connectivity index (χ0n) is 9.77. The van der Waals surface area contributed by atoms with Crippen LogP contribution in [0, 0.1) is 0 Å². The lowest BCUT2D eigenvalue weighted by Crippen LogP contribution is -2.19. The van der Waals surface area contributed by atoms with Crippen molar-refractivity contribution < 1.29 is 8.42 Å². The van der Waals surface area contributed by atoms with Gasteiger partial charge in [-0.1, -0.05) is 29.3 Å². The van der Waals surface area contributed by atoms with Crippen LogP contribution in [0.25, 0.3) is 0 Å². The van der Waals surface area contributed by atoms with Crippen molar-refractivity contribution in [2.45, 2.75) is 31.6 Å². The fraction of sp³-hybridized carbons (Fsp3) is 0.364. The van der Waals surface area contributed by atoms with Gasteiger partial charge >= 0.3 is 0 Å². The third-order valence-electron chi connectivity index (χ3n) is 2.09. The molecule has 0 radical (unpaired) electrons. The highest BCUT2D eigenvalue weighted by atomic mass is 79.9. The van der Waals surface area contributed by atoms with Crippen LogP contribution in [0.1, 0.15) is 26.7 Å². The van der Waals surface area contributed by atoms with Gasteiger partial charge in [-0.25, -0.2) is 4.83 Å². The number of hydrogen-bond donors (Lipinski definition) is 1. The Labute approximate surface area is 110 Å². The van der Waals surface area contributed by atoms with Gasteiger partial charge in [0.25, 0.3) is 10.0 Å². The Morgan fingerprint density at radius 3 is 2.47 bits per heavy atom. The van der Waals surface area contributed by atoms with E-state index in [9.17, 15) is 8.42 Å². The van der Waals surface area contributed by atoms with Crippen LogP contribution in [0.5, 0.6) is 0 Å². The summed E-state index contributed by atoms with van der Waals surface area (Å²) in [4.78, 5) is 2.43. The first-order valence-electron chi connectivity index (χ1n) is 5.26. The molecule has 0 saturated heterocycles. The average molecular weight is 319 g/mol. The summed E-state index contributed by atoms with van der Waals surface area (Å²) in [5.41, 5.74) is 0.771. The predicted octanol–water partition coefficient (Wildman–Crippen LogP) is 2.90. The van der Waals surface area contributed by atoms with Gasteiger partial charge in [0, 0.05) is 10.2 Å². The van der Waals surface area contributed by atoms with Crippen molar-refractivity contribution in [1.29, 1.82) is 0 Å². The number of hydrogen-bond acceptors (Lipinski definition) is 3. The molecule has 0 unspecified atom stereocenters. The van der Waals surface area contributed by atoms with Crippen molar-refractivity contribution in [2.75, 3.05) is 0 Å². The van der Waals surface area contributed by atoms with Crippen molar-refractivity contribution in [3.8, 4) is 0 Å². The minimum atomic E-state index is -3.55. The Bertz CT molecular complexity index is 495. The van der Waals surface area contributed by atoms with Gasteiger partial charge in [0.05, 0.1) is 4.90 Å². The lowest BCUT2D eigenvalue weighted by atomic mass is 10.2. The van der Waals surface area contributed by atoms with Crippen LogP contribution in [-0.4, -0.2) is 14.1 Å². The quantitative estimate of drug-likeness (QED) is 0.670. The van der Waals surface area contributed by atoms with Gasteiger partial charge in [-0.15, -0.1) is 0 Å². The molecule has 0 amide bonds. The third-order valence-corrected chi connectivity index (χ3v) is 3.85. The molecule has 4 nitrogen and oxygen atoms in total. The van der Waals surface area contributed by atoms with Crippen LogP contribution in [0.2, 0.25) is 0 Å². The number of benzene rings is 1. The van der Waals surface area contributed by atoms with Crippen LogP contribution in [0.15, 0.2) is 38.7 Å². The van der Waals surface area contributed by atoms with E-state index in [4.69, 9.17) is 0 Å². The SMILES string of the molecule is CCC/C(C)=N/NS(=O)(=O)c1ccc(Br)cc1. The molecule has 6 heteroatoms. The molecule has 1 rings (SSSR count). The summed E-state index contributed by atoms with van der Waals surface area (Å²) in [5.74, 6) is 0. The highest BCUT2D eigenvalue weighted by molar-refractivity contribution is 9.10. The molecule has 17 heavy (non-hydrogen) atoms. The molecule has 0 heterocycles. The van der Waals surface area contributed by atoms with E-state index in [-0.39, 0.29) is 4.90 Å². The van der Waals surface area contributed by atoms with Crippen molar-refractivity contribution >= 4 is 31.7 Å². The number of nitrogens with zero attached hydrogens (tertiary/aromatic N) is 1. The molecule has 0 fully saturated rings. The fourth-order valence-electron chi connectivity index (χ4n) is 1.22. The Morgan fingerprint density at radius 1 is 1.35 bits per heavy atom. The number of halogens is 1. The van der Waals surface area contributed by atoms with Crippen LogP contribution in [0.3, 0.4) is 0 Å². The van der Waals surface area contributed by atoms with Crippen LogP contribution < -0.4 is 4.83 Å². The summed E-state index contributed by atoms with van der Waals surface area (Å²) >= 11 is 3.25. The van der Waals surface area contributed by atoms with Crippen molar-refractivity contribution in [2.24, 2.45) is 5.10 Å². The standard InChI is InChI=1S/C11H15BrN2O2S/c1-3-4-9(2)13-14-17(15,16)11-7-5-10(12)6-8-11/h5-8,14H,3-4H2,1-2H3/b13-9+. The molecule has 0 aliphatic rings. The second-order valence-electron chi connectivity index (χ2n) is 3.65. The number of sulfonamides is 1. The first-order chi connectivity index (χ1) is 7.95. The van der Waals surface area contributed by atoms with Crippen molar-refractivity contribution in [1.82, 2.24) is 4.83 Å². The minimum absolute atomic E-state index is 0.203. The van der Waals surface area contributed by atoms with Crippen LogP contribution in [0.4, 0.5) is 0 Å². The summed E-state index contributed by atoms with van der Waals surface area (Å²) < 4.78 is 24.5. The fourth-order valence-corrected chi connectivity index (χ4v) is 2.36. The van der Waals surface area contributed by atoms with E-state index in [1.165, 1.54) is 12.1 Å². The molecular weight excluding hydrogens is 304 g/mol. The highest BCUT2D eigenvalue weighted by Crippen LogP contribution is 2.14. The molecule has 0 spiro atoms. The van der Waals surface area contributed by atoms with Gasteiger partial charge in [0.2, 0.25) is 0 Å². The van der Waals surface area contributed by atoms with Gasteiger partial charge in [-0.05, 0) is 37.6 Å². The lowest BCUT2D eigenvalue weighted by molar-refractivity contribution is 0.584. The molecule has 0 atom stereocenters. The van der Waals surface area contributed by atoms with E-state index in [2.05, 4.69) is 25.9 Å². The third kappa shape index (κ3) is 4.47. The maximum atomic E-state index is 11.8. The summed E-state index contributed by atoms with van der Waals surface area (Å²) in [6.45, 7) is 3.82. The Balaban J connectivity index is 2.82. The number of nitrogens with one attached hydrogen (secondary N) is 1. The normalized spacial score (nSPS) is 12.5. The summed E-state index contributed by atoms with van der Waals surface area (Å²) in [6, 6.07) is 6.41. The summed E-state index contributed by atoms with van der Waals surface area (Å²) in [6.07, 6.45) is 1.72. The van der Waals surface area contributed by atoms with E-state index in [0.29, 0.717) is 0 Å². The monoisotopic (exact) mass is 318 g/mol.